The van der Waals surface area contributed by atoms with Gasteiger partial charge in [-0.1, -0.05) is 6.92 Å². The summed E-state index contributed by atoms with van der Waals surface area (Å²) in [5.41, 5.74) is 2.14. The van der Waals surface area contributed by atoms with Crippen molar-refractivity contribution in [2.45, 2.75) is 20.3 Å². The lowest BCUT2D eigenvalue weighted by atomic mass is 9.99. The molecule has 1 heterocycles. The highest BCUT2D eigenvalue weighted by Gasteiger charge is 2.21. The second-order valence-corrected chi connectivity index (χ2v) is 4.72. The molecule has 1 unspecified atom stereocenters. The number of carboxylic acids is 1. The molecule has 0 amide bonds. The molecule has 2 rings (SSSR count). The van der Waals surface area contributed by atoms with Gasteiger partial charge < -0.3 is 10.1 Å². The highest BCUT2D eigenvalue weighted by atomic mass is 16.6. The first kappa shape index (κ1) is 13.1. The molecule has 2 aromatic rings. The summed E-state index contributed by atoms with van der Waals surface area (Å²) >= 11 is 0. The molecule has 0 saturated heterocycles. The Morgan fingerprint density at radius 3 is 2.79 bits per heavy atom. The number of hydrogen-bond acceptors (Lipinski definition) is 3. The summed E-state index contributed by atoms with van der Waals surface area (Å²) in [5, 5.41) is 20.5. The number of aryl methyl sites for hydroxylation is 1. The van der Waals surface area contributed by atoms with Gasteiger partial charge in [0.1, 0.15) is 0 Å². The number of benzene rings is 1. The van der Waals surface area contributed by atoms with Crippen molar-refractivity contribution in [3.63, 3.8) is 0 Å². The van der Waals surface area contributed by atoms with Crippen LogP contribution in [-0.2, 0) is 11.2 Å². The van der Waals surface area contributed by atoms with Crippen molar-refractivity contribution >= 4 is 22.6 Å². The van der Waals surface area contributed by atoms with E-state index in [-0.39, 0.29) is 12.1 Å². The maximum atomic E-state index is 11.1. The molecule has 0 radical (unpaired) electrons. The van der Waals surface area contributed by atoms with Crippen LogP contribution in [0.25, 0.3) is 10.9 Å². The lowest BCUT2D eigenvalue weighted by molar-refractivity contribution is -0.383. The Hall–Kier alpha value is -2.37. The van der Waals surface area contributed by atoms with E-state index in [0.717, 1.165) is 5.56 Å². The minimum Gasteiger partial charge on any atom is -0.481 e. The van der Waals surface area contributed by atoms with E-state index >= 15 is 0 Å². The van der Waals surface area contributed by atoms with Crippen LogP contribution in [0.2, 0.25) is 0 Å². The van der Waals surface area contributed by atoms with E-state index in [4.69, 9.17) is 5.11 Å². The van der Waals surface area contributed by atoms with Crippen LogP contribution in [0.15, 0.2) is 18.3 Å². The predicted molar refractivity (Wildman–Crippen MR) is 70.2 cm³/mol. The predicted octanol–water partition coefficient (Wildman–Crippen LogP) is 2.65. The molecule has 0 spiro atoms. The average molecular weight is 262 g/mol. The summed E-state index contributed by atoms with van der Waals surface area (Å²) in [7, 11) is 0. The fraction of sp³-hybridized carbons (Fsp3) is 0.308. The van der Waals surface area contributed by atoms with Gasteiger partial charge in [0.15, 0.2) is 0 Å². The summed E-state index contributed by atoms with van der Waals surface area (Å²) in [6, 6.07) is 3.32. The molecule has 6 heteroatoms. The number of aliphatic carboxylic acids is 1. The molecule has 1 atom stereocenters. The minimum atomic E-state index is -0.913. The number of nitro groups is 1. The highest BCUT2D eigenvalue weighted by Crippen LogP contribution is 2.31. The van der Waals surface area contributed by atoms with Crippen LogP contribution in [-0.4, -0.2) is 21.0 Å². The van der Waals surface area contributed by atoms with Crippen LogP contribution in [0.5, 0.6) is 0 Å². The Morgan fingerprint density at radius 2 is 2.21 bits per heavy atom. The number of nitrogens with zero attached hydrogens (tertiary/aromatic N) is 1. The number of aromatic nitrogens is 1. The fourth-order valence-corrected chi connectivity index (χ4v) is 2.18. The fourth-order valence-electron chi connectivity index (χ4n) is 2.18. The number of fused-ring (bicyclic) bond motifs is 1. The number of carboxylic acid groups (broad SMARTS) is 1. The van der Waals surface area contributed by atoms with Crippen molar-refractivity contribution in [3.05, 3.63) is 39.6 Å². The summed E-state index contributed by atoms with van der Waals surface area (Å²) in [6.45, 7) is 3.37. The molecule has 0 aliphatic carbocycles. The zero-order valence-corrected chi connectivity index (χ0v) is 10.6. The third kappa shape index (κ3) is 2.42. The number of rotatable bonds is 4. The minimum absolute atomic E-state index is 0.0174. The molecule has 2 N–H and O–H groups in total. The van der Waals surface area contributed by atoms with E-state index in [0.29, 0.717) is 16.5 Å². The first-order chi connectivity index (χ1) is 8.90. The van der Waals surface area contributed by atoms with Gasteiger partial charge in [-0.3, -0.25) is 14.9 Å². The Balaban J connectivity index is 2.57. The topological polar surface area (TPSA) is 96.2 Å². The van der Waals surface area contributed by atoms with Gasteiger partial charge >= 0.3 is 5.97 Å². The van der Waals surface area contributed by atoms with E-state index in [9.17, 15) is 14.9 Å². The number of non-ortho nitro benzene ring substituents is 1. The molecule has 0 saturated carbocycles. The number of nitro benzene ring substituents is 1. The summed E-state index contributed by atoms with van der Waals surface area (Å²) in [4.78, 5) is 24.5. The maximum absolute atomic E-state index is 11.1. The number of carbonyl (C=O) groups is 1. The Morgan fingerprint density at radius 1 is 1.53 bits per heavy atom. The molecular weight excluding hydrogens is 248 g/mol. The molecule has 6 nitrogen and oxygen atoms in total. The van der Waals surface area contributed by atoms with E-state index in [1.807, 2.05) is 6.07 Å². The molecule has 0 bridgehead atoms. The molecule has 0 aliphatic rings. The molecular formula is C13H14N2O4. The van der Waals surface area contributed by atoms with Gasteiger partial charge in [-0.2, -0.15) is 0 Å². The van der Waals surface area contributed by atoms with Gasteiger partial charge in [0.25, 0.3) is 5.69 Å². The van der Waals surface area contributed by atoms with Crippen LogP contribution in [0.3, 0.4) is 0 Å². The third-order valence-electron chi connectivity index (χ3n) is 3.13. The Labute approximate surface area is 109 Å². The Bertz CT molecular complexity index is 660. The normalized spacial score (nSPS) is 12.5. The van der Waals surface area contributed by atoms with Gasteiger partial charge in [-0.05, 0) is 30.5 Å². The van der Waals surface area contributed by atoms with Crippen LogP contribution >= 0.6 is 0 Å². The maximum Gasteiger partial charge on any atom is 0.306 e. The second kappa shape index (κ2) is 4.72. The van der Waals surface area contributed by atoms with Crippen LogP contribution in [0.1, 0.15) is 18.1 Å². The van der Waals surface area contributed by atoms with Crippen molar-refractivity contribution in [3.8, 4) is 0 Å². The number of nitrogens with one attached hydrogen (secondary N) is 1. The Kier molecular flexibility index (Phi) is 3.25. The van der Waals surface area contributed by atoms with E-state index < -0.39 is 16.8 Å². The van der Waals surface area contributed by atoms with Crippen molar-refractivity contribution in [1.29, 1.82) is 0 Å². The van der Waals surface area contributed by atoms with Crippen molar-refractivity contribution in [2.24, 2.45) is 5.92 Å². The standard InChI is InChI=1S/C13H14N2O4/c1-7-3-10-12(11(4-7)15(18)19)9(6-14-10)5-8(2)13(16)17/h3-4,6,8,14H,5H2,1-2H3,(H,16,17). The van der Waals surface area contributed by atoms with Gasteiger partial charge in [0.2, 0.25) is 0 Å². The van der Waals surface area contributed by atoms with Crippen LogP contribution in [0.4, 0.5) is 5.69 Å². The van der Waals surface area contributed by atoms with Gasteiger partial charge in [0, 0.05) is 12.3 Å². The third-order valence-corrected chi connectivity index (χ3v) is 3.13. The summed E-state index contributed by atoms with van der Waals surface area (Å²) in [6.07, 6.45) is 1.91. The number of aromatic amines is 1. The van der Waals surface area contributed by atoms with Gasteiger partial charge in [-0.15, -0.1) is 0 Å². The van der Waals surface area contributed by atoms with Crippen LogP contribution in [0, 0.1) is 23.0 Å². The SMILES string of the molecule is Cc1cc([N+](=O)[O-])c2c(CC(C)C(=O)O)c[nH]c2c1. The summed E-state index contributed by atoms with van der Waals surface area (Å²) in [5.74, 6) is -1.50. The molecule has 0 aliphatic heterocycles. The average Bonchev–Trinajstić information content (AvgIpc) is 2.70. The number of H-pyrrole nitrogens is 1. The van der Waals surface area contributed by atoms with E-state index in [1.54, 1.807) is 20.0 Å². The molecule has 1 aromatic carbocycles. The quantitative estimate of drug-likeness (QED) is 0.653. The monoisotopic (exact) mass is 262 g/mol. The molecule has 1 aromatic heterocycles. The van der Waals surface area contributed by atoms with E-state index in [1.165, 1.54) is 6.07 Å². The lowest BCUT2D eigenvalue weighted by Crippen LogP contribution is -2.12. The highest BCUT2D eigenvalue weighted by molar-refractivity contribution is 5.92. The smallest absolute Gasteiger partial charge is 0.306 e. The first-order valence-corrected chi connectivity index (χ1v) is 5.88. The van der Waals surface area contributed by atoms with Crippen molar-refractivity contribution in [1.82, 2.24) is 4.98 Å². The first-order valence-electron chi connectivity index (χ1n) is 5.88. The van der Waals surface area contributed by atoms with Crippen molar-refractivity contribution < 1.29 is 14.8 Å². The number of hydrogen-bond donors (Lipinski definition) is 2. The zero-order chi connectivity index (χ0) is 14.2. The molecule has 0 fully saturated rings. The molecule has 100 valence electrons. The largest absolute Gasteiger partial charge is 0.481 e. The van der Waals surface area contributed by atoms with Gasteiger partial charge in [0.05, 0.1) is 21.7 Å². The van der Waals surface area contributed by atoms with Gasteiger partial charge in [-0.25, -0.2) is 0 Å². The van der Waals surface area contributed by atoms with Crippen LogP contribution < -0.4 is 0 Å². The molecule has 19 heavy (non-hydrogen) atoms. The lowest BCUT2D eigenvalue weighted by Gasteiger charge is -2.05. The zero-order valence-electron chi connectivity index (χ0n) is 10.6. The van der Waals surface area contributed by atoms with E-state index in [2.05, 4.69) is 4.98 Å². The summed E-state index contributed by atoms with van der Waals surface area (Å²) < 4.78 is 0. The second-order valence-electron chi connectivity index (χ2n) is 4.72. The van der Waals surface area contributed by atoms with Crippen molar-refractivity contribution in [2.75, 3.05) is 0 Å².